The lowest BCUT2D eigenvalue weighted by Crippen LogP contribution is -2.66. The van der Waals surface area contributed by atoms with E-state index in [1.807, 2.05) is 0 Å². The Kier molecular flexibility index (Phi) is 13.8. The topological polar surface area (TPSA) is 385 Å². The van der Waals surface area contributed by atoms with Crippen molar-refractivity contribution >= 4 is 71.6 Å². The van der Waals surface area contributed by atoms with Gasteiger partial charge in [0, 0.05) is 0 Å². The molecule has 0 amide bonds. The molecule has 0 heterocycles. The molecular formula is C36H44O22. The second-order valence-electron chi connectivity index (χ2n) is 15.0. The number of esters is 4. The van der Waals surface area contributed by atoms with Gasteiger partial charge in [-0.15, -0.1) is 0 Å². The minimum atomic E-state index is -4.01. The first-order valence-corrected chi connectivity index (χ1v) is 18.4. The van der Waals surface area contributed by atoms with Crippen molar-refractivity contribution in [3.05, 3.63) is 0 Å². The van der Waals surface area contributed by atoms with Crippen LogP contribution in [0.2, 0.25) is 0 Å². The Labute approximate surface area is 327 Å². The van der Waals surface area contributed by atoms with Gasteiger partial charge in [-0.3, -0.25) is 57.5 Å². The first-order valence-electron chi connectivity index (χ1n) is 18.4. The van der Waals surface area contributed by atoms with Crippen molar-refractivity contribution in [1.29, 1.82) is 0 Å². The van der Waals surface area contributed by atoms with Crippen molar-refractivity contribution in [3.8, 4) is 0 Å². The van der Waals surface area contributed by atoms with Gasteiger partial charge in [0.15, 0.2) is 32.5 Å². The highest BCUT2D eigenvalue weighted by molar-refractivity contribution is 6.21. The van der Waals surface area contributed by atoms with Gasteiger partial charge in [-0.2, -0.15) is 0 Å². The lowest BCUT2D eigenvalue weighted by atomic mass is 9.56. The van der Waals surface area contributed by atoms with Gasteiger partial charge in [-0.1, -0.05) is 77.0 Å². The Morgan fingerprint density at radius 2 is 0.397 bits per heavy atom. The fraction of sp³-hybridized carbons (Fsp3) is 0.667. The van der Waals surface area contributed by atoms with E-state index in [2.05, 4.69) is 0 Å². The molecule has 8 N–H and O–H groups in total. The largest absolute Gasteiger partial charge is 0.480 e. The zero-order valence-electron chi connectivity index (χ0n) is 31.0. The van der Waals surface area contributed by atoms with E-state index in [-0.39, 0.29) is 64.2 Å². The van der Waals surface area contributed by atoms with Crippen molar-refractivity contribution in [2.45, 2.75) is 116 Å². The maximum atomic E-state index is 14.6. The van der Waals surface area contributed by atoms with Gasteiger partial charge < -0.3 is 50.3 Å². The summed E-state index contributed by atoms with van der Waals surface area (Å²) in [5, 5.41) is 83.1. The van der Waals surface area contributed by atoms with Crippen LogP contribution < -0.4 is 0 Å². The molecule has 22 nitrogen and oxygen atoms in total. The summed E-state index contributed by atoms with van der Waals surface area (Å²) in [6.45, 7) is 0. The number of hydrogen-bond acceptors (Lipinski definition) is 14. The molecule has 0 aromatic heterocycles. The molecule has 3 fully saturated rings. The number of aliphatic carboxylic acids is 8. The predicted octanol–water partition coefficient (Wildman–Crippen LogP) is 1.78. The second kappa shape index (κ2) is 17.3. The molecule has 22 heteroatoms. The highest BCUT2D eigenvalue weighted by Gasteiger charge is 2.77. The number of carbonyl (C=O) groups excluding carboxylic acids is 4. The summed E-state index contributed by atoms with van der Waals surface area (Å²) in [5.74, 6) is -29.5. The predicted molar refractivity (Wildman–Crippen MR) is 181 cm³/mol. The number of hydrogen-bond donors (Lipinski definition) is 8. The molecule has 3 saturated carbocycles. The van der Waals surface area contributed by atoms with Crippen LogP contribution in [0.15, 0.2) is 0 Å². The Balaban J connectivity index is 2.43. The van der Waals surface area contributed by atoms with Crippen LogP contribution in [0.4, 0.5) is 0 Å². The van der Waals surface area contributed by atoms with E-state index in [0.717, 1.165) is 0 Å². The van der Waals surface area contributed by atoms with E-state index in [9.17, 15) is 98.4 Å². The maximum Gasteiger partial charge on any atom is 0.333 e. The highest BCUT2D eigenvalue weighted by Crippen LogP contribution is 2.56. The molecule has 3 aliphatic carbocycles. The van der Waals surface area contributed by atoms with Crippen LogP contribution >= 0.6 is 0 Å². The minimum absolute atomic E-state index is 0.0279. The summed E-state index contributed by atoms with van der Waals surface area (Å²) >= 11 is 0. The monoisotopic (exact) mass is 828 g/mol. The molecule has 0 spiro atoms. The molecular weight excluding hydrogens is 784 g/mol. The molecule has 58 heavy (non-hydrogen) atoms. The highest BCUT2D eigenvalue weighted by atomic mass is 16.6. The summed E-state index contributed by atoms with van der Waals surface area (Å²) < 4.78 is 9.69. The van der Waals surface area contributed by atoms with Gasteiger partial charge in [0.2, 0.25) is 0 Å². The van der Waals surface area contributed by atoms with Crippen LogP contribution in [-0.2, 0) is 67.0 Å². The van der Waals surface area contributed by atoms with Crippen LogP contribution in [0.5, 0.6) is 0 Å². The summed E-state index contributed by atoms with van der Waals surface area (Å²) in [6.07, 6.45) is -8.49. The van der Waals surface area contributed by atoms with Crippen molar-refractivity contribution in [3.63, 3.8) is 0 Å². The van der Waals surface area contributed by atoms with E-state index in [4.69, 9.17) is 9.47 Å². The number of ether oxygens (including phenoxy) is 2. The van der Waals surface area contributed by atoms with Crippen LogP contribution in [0.25, 0.3) is 0 Å². The molecule has 320 valence electrons. The summed E-state index contributed by atoms with van der Waals surface area (Å²) in [4.78, 5) is 161. The second-order valence-corrected chi connectivity index (χ2v) is 15.0. The van der Waals surface area contributed by atoms with Crippen LogP contribution in [-0.4, -0.2) is 112 Å². The van der Waals surface area contributed by atoms with E-state index in [1.54, 1.807) is 0 Å². The molecule has 3 rings (SSSR count). The molecule has 2 atom stereocenters. The van der Waals surface area contributed by atoms with E-state index >= 15 is 0 Å². The fourth-order valence-electron chi connectivity index (χ4n) is 9.15. The molecule has 0 radical (unpaired) electrons. The zero-order chi connectivity index (χ0) is 44.1. The first-order chi connectivity index (χ1) is 27.0. The van der Waals surface area contributed by atoms with Crippen LogP contribution in [0.1, 0.15) is 116 Å². The Morgan fingerprint density at radius 1 is 0.241 bits per heavy atom. The van der Waals surface area contributed by atoms with Crippen LogP contribution in [0, 0.1) is 32.5 Å². The molecule has 0 aromatic carbocycles. The maximum absolute atomic E-state index is 14.6. The van der Waals surface area contributed by atoms with Crippen molar-refractivity contribution in [2.75, 3.05) is 0 Å². The van der Waals surface area contributed by atoms with Crippen molar-refractivity contribution in [1.82, 2.24) is 0 Å². The first kappa shape index (κ1) is 46.4. The average Bonchev–Trinajstić information content (AvgIpc) is 3.07. The summed E-state index contributed by atoms with van der Waals surface area (Å²) in [5.41, 5.74) is -22.4. The van der Waals surface area contributed by atoms with Gasteiger partial charge >= 0.3 is 71.6 Å². The minimum Gasteiger partial charge on any atom is -0.480 e. The normalized spacial score (nSPS) is 27.0. The number of carbonyl (C=O) groups is 12. The van der Waals surface area contributed by atoms with Gasteiger partial charge in [-0.05, 0) is 38.5 Å². The van der Waals surface area contributed by atoms with E-state index in [1.165, 1.54) is 0 Å². The average molecular weight is 829 g/mol. The van der Waals surface area contributed by atoms with Crippen molar-refractivity contribution < 1.29 is 108 Å². The van der Waals surface area contributed by atoms with Gasteiger partial charge in [0.1, 0.15) is 0 Å². The van der Waals surface area contributed by atoms with E-state index in [0.29, 0.717) is 0 Å². The molecule has 2 unspecified atom stereocenters. The lowest BCUT2D eigenvalue weighted by Gasteiger charge is -2.44. The van der Waals surface area contributed by atoms with Gasteiger partial charge in [0.05, 0.1) is 0 Å². The smallest absolute Gasteiger partial charge is 0.333 e. The van der Waals surface area contributed by atoms with E-state index < -0.39 is 155 Å². The third kappa shape index (κ3) is 6.70. The molecule has 0 aliphatic heterocycles. The van der Waals surface area contributed by atoms with Gasteiger partial charge in [0.25, 0.3) is 0 Å². The molecule has 0 bridgehead atoms. The fourth-order valence-corrected chi connectivity index (χ4v) is 9.15. The van der Waals surface area contributed by atoms with Crippen LogP contribution in [0.3, 0.4) is 0 Å². The lowest BCUT2D eigenvalue weighted by molar-refractivity contribution is -0.215. The molecule has 0 aromatic rings. The summed E-state index contributed by atoms with van der Waals surface area (Å²) in [6, 6.07) is 0. The van der Waals surface area contributed by atoms with Crippen molar-refractivity contribution in [2.24, 2.45) is 32.5 Å². The molecule has 0 saturated heterocycles. The third-order valence-electron chi connectivity index (χ3n) is 12.4. The standard InChI is InChI=1S/C36H44O22/c37-19(38)31(20(39)40)13-7-1-4-10-16-34(31,25(49)50)27(53)57-29(55)36(18-12-6-3-9-15-33(36,23(45)46)24(47)48)30(56)58-28(54)35(26(51)52)17-11-5-2-8-14-32(35,21(41)42)22(43)44/h1-18H2,(H,37,38)(H,39,40)(H,41,42)(H,43,44)(H,45,46)(H,47,48)(H,49,50)(H,51,52). The Hall–Kier alpha value is -5.96. The Bertz CT molecular complexity index is 1650. The summed E-state index contributed by atoms with van der Waals surface area (Å²) in [7, 11) is 0. The number of carboxylic acid groups (broad SMARTS) is 8. The molecule has 3 aliphatic rings. The number of rotatable bonds is 12. The SMILES string of the molecule is O=C(O)C1(C(=O)O)CCCCCCC1(C(=O)O)C(=O)OC(=O)C1(C(=O)OC(=O)C2(C(=O)O)CCCCCCC2(C(=O)O)C(=O)O)CCCCCCC1(C(=O)O)C(=O)O. The number of carboxylic acids is 8. The third-order valence-corrected chi connectivity index (χ3v) is 12.4. The Morgan fingerprint density at radius 3 is 0.603 bits per heavy atom. The zero-order valence-corrected chi connectivity index (χ0v) is 31.0. The van der Waals surface area contributed by atoms with Gasteiger partial charge in [-0.25, -0.2) is 0 Å². The quantitative estimate of drug-likeness (QED) is 0.103.